The minimum atomic E-state index is -0.809. The van der Waals surface area contributed by atoms with E-state index in [0.717, 1.165) is 19.3 Å². The first kappa shape index (κ1) is 23.9. The number of piperidine rings is 1. The van der Waals surface area contributed by atoms with Gasteiger partial charge in [0.1, 0.15) is 23.5 Å². The van der Waals surface area contributed by atoms with Gasteiger partial charge in [-0.3, -0.25) is 14.4 Å². The molecule has 1 aliphatic heterocycles. The fraction of sp³-hybridized carbons (Fsp3) is 0.500. The van der Waals surface area contributed by atoms with Crippen LogP contribution in [0.3, 0.4) is 0 Å². The first-order chi connectivity index (χ1) is 16.4. The average molecular weight is 486 g/mol. The van der Waals surface area contributed by atoms with Gasteiger partial charge < -0.3 is 25.7 Å². The van der Waals surface area contributed by atoms with Crippen LogP contribution in [-0.4, -0.2) is 48.4 Å². The van der Waals surface area contributed by atoms with Crippen molar-refractivity contribution in [3.05, 3.63) is 28.9 Å². The number of benzene rings is 1. The maximum atomic E-state index is 13.1. The smallest absolute Gasteiger partial charge is 0.268 e. The summed E-state index contributed by atoms with van der Waals surface area (Å²) in [6.07, 6.45) is 4.28. The van der Waals surface area contributed by atoms with Crippen molar-refractivity contribution >= 4 is 40.2 Å². The van der Waals surface area contributed by atoms with Crippen LogP contribution < -0.4 is 20.7 Å². The lowest BCUT2D eigenvalue weighted by Gasteiger charge is -2.25. The Morgan fingerprint density at radius 1 is 1.26 bits per heavy atom. The molecule has 4 N–H and O–H groups in total. The maximum absolute atomic E-state index is 13.1. The third kappa shape index (κ3) is 5.45. The van der Waals surface area contributed by atoms with Gasteiger partial charge in [-0.1, -0.05) is 24.4 Å². The molecule has 3 atom stereocenters. The number of nitrogens with zero attached hydrogens (tertiary/aromatic N) is 1. The molecule has 2 fully saturated rings. The molecule has 9 nitrogen and oxygen atoms in total. The summed E-state index contributed by atoms with van der Waals surface area (Å²) in [6, 6.07) is 5.53. The SMILES string of the molecule is COc1ccc(Cl)c2[nH]c(C(=O)NC(CC3CC3)C(=O)N[C@H](C#N)CC3CCCNC3=O)cc12. The summed E-state index contributed by atoms with van der Waals surface area (Å²) < 4.78 is 5.35. The molecule has 10 heteroatoms. The van der Waals surface area contributed by atoms with Crippen molar-refractivity contribution in [2.75, 3.05) is 13.7 Å². The van der Waals surface area contributed by atoms with E-state index in [1.54, 1.807) is 18.2 Å². The predicted octanol–water partition coefficient (Wildman–Crippen LogP) is 2.65. The second kappa shape index (κ2) is 10.3. The molecule has 4 rings (SSSR count). The molecule has 2 aromatic rings. The molecule has 0 bridgehead atoms. The lowest BCUT2D eigenvalue weighted by Crippen LogP contribution is -2.50. The van der Waals surface area contributed by atoms with E-state index in [4.69, 9.17) is 16.3 Å². The van der Waals surface area contributed by atoms with Gasteiger partial charge in [-0.15, -0.1) is 0 Å². The zero-order chi connectivity index (χ0) is 24.2. The number of nitriles is 1. The summed E-state index contributed by atoms with van der Waals surface area (Å²) in [5.74, 6) is -0.327. The molecule has 180 valence electrons. The van der Waals surface area contributed by atoms with E-state index in [-0.39, 0.29) is 23.9 Å². The van der Waals surface area contributed by atoms with Crippen molar-refractivity contribution in [2.45, 2.75) is 50.6 Å². The molecule has 0 spiro atoms. The first-order valence-corrected chi connectivity index (χ1v) is 11.9. The number of hydrogen-bond donors (Lipinski definition) is 4. The Morgan fingerprint density at radius 2 is 2.06 bits per heavy atom. The molecule has 1 aromatic carbocycles. The Labute approximate surface area is 202 Å². The van der Waals surface area contributed by atoms with Gasteiger partial charge in [-0.25, -0.2) is 0 Å². The minimum Gasteiger partial charge on any atom is -0.496 e. The van der Waals surface area contributed by atoms with Crippen LogP contribution in [0.25, 0.3) is 10.9 Å². The number of ether oxygens (including phenoxy) is 1. The third-order valence-electron chi connectivity index (χ3n) is 6.45. The van der Waals surface area contributed by atoms with E-state index in [0.29, 0.717) is 47.0 Å². The van der Waals surface area contributed by atoms with Crippen LogP contribution in [0, 0.1) is 23.2 Å². The molecule has 1 aromatic heterocycles. The summed E-state index contributed by atoms with van der Waals surface area (Å²) >= 11 is 6.26. The van der Waals surface area contributed by atoms with Gasteiger partial charge >= 0.3 is 0 Å². The average Bonchev–Trinajstić information content (AvgIpc) is 3.53. The number of rotatable bonds is 9. The van der Waals surface area contributed by atoms with Crippen molar-refractivity contribution in [2.24, 2.45) is 11.8 Å². The Bertz CT molecular complexity index is 1140. The lowest BCUT2D eigenvalue weighted by molar-refractivity contribution is -0.128. The topological polar surface area (TPSA) is 136 Å². The Hall–Kier alpha value is -3.25. The number of halogens is 1. The van der Waals surface area contributed by atoms with E-state index >= 15 is 0 Å². The summed E-state index contributed by atoms with van der Waals surface area (Å²) in [5, 5.41) is 19.0. The molecule has 1 saturated carbocycles. The van der Waals surface area contributed by atoms with E-state index in [1.807, 2.05) is 0 Å². The van der Waals surface area contributed by atoms with Crippen LogP contribution in [0.5, 0.6) is 5.75 Å². The van der Waals surface area contributed by atoms with Crippen molar-refractivity contribution in [1.82, 2.24) is 20.9 Å². The first-order valence-electron chi connectivity index (χ1n) is 11.5. The van der Waals surface area contributed by atoms with Crippen LogP contribution in [0.2, 0.25) is 5.02 Å². The highest BCUT2D eigenvalue weighted by molar-refractivity contribution is 6.35. The normalized spacial score (nSPS) is 19.6. The number of aromatic nitrogens is 1. The van der Waals surface area contributed by atoms with Gasteiger partial charge in [-0.05, 0) is 49.8 Å². The van der Waals surface area contributed by atoms with Crippen molar-refractivity contribution in [3.63, 3.8) is 0 Å². The lowest BCUT2D eigenvalue weighted by atomic mass is 9.92. The fourth-order valence-corrected chi connectivity index (χ4v) is 4.59. The molecule has 1 aliphatic carbocycles. The van der Waals surface area contributed by atoms with Crippen LogP contribution in [0.15, 0.2) is 18.2 Å². The molecule has 2 aliphatic rings. The van der Waals surface area contributed by atoms with E-state index < -0.39 is 23.9 Å². The second-order valence-corrected chi connectivity index (χ2v) is 9.39. The van der Waals surface area contributed by atoms with Gasteiger partial charge in [-0.2, -0.15) is 5.26 Å². The van der Waals surface area contributed by atoms with Crippen molar-refractivity contribution in [1.29, 1.82) is 5.26 Å². The number of methoxy groups -OCH3 is 1. The molecule has 0 radical (unpaired) electrons. The van der Waals surface area contributed by atoms with Gasteiger partial charge in [0.25, 0.3) is 5.91 Å². The quantitative estimate of drug-likeness (QED) is 0.433. The number of H-pyrrole nitrogens is 1. The fourth-order valence-electron chi connectivity index (χ4n) is 4.38. The number of hydrogen-bond acceptors (Lipinski definition) is 5. The summed E-state index contributed by atoms with van der Waals surface area (Å²) in [6.45, 7) is 0.638. The third-order valence-corrected chi connectivity index (χ3v) is 6.76. The number of amides is 3. The summed E-state index contributed by atoms with van der Waals surface area (Å²) in [7, 11) is 1.54. The number of aromatic amines is 1. The highest BCUT2D eigenvalue weighted by Gasteiger charge is 2.33. The number of fused-ring (bicyclic) bond motifs is 1. The predicted molar refractivity (Wildman–Crippen MR) is 126 cm³/mol. The van der Waals surface area contributed by atoms with Crippen LogP contribution >= 0.6 is 11.6 Å². The van der Waals surface area contributed by atoms with Gasteiger partial charge in [0.2, 0.25) is 11.8 Å². The molecule has 2 heterocycles. The van der Waals surface area contributed by atoms with E-state index in [1.165, 1.54) is 7.11 Å². The Kier molecular flexibility index (Phi) is 7.27. The highest BCUT2D eigenvalue weighted by Crippen LogP contribution is 2.34. The summed E-state index contributed by atoms with van der Waals surface area (Å²) in [4.78, 5) is 41.2. The van der Waals surface area contributed by atoms with Crippen LogP contribution in [0.1, 0.15) is 49.0 Å². The monoisotopic (exact) mass is 485 g/mol. The molecule has 34 heavy (non-hydrogen) atoms. The number of nitrogens with one attached hydrogen (secondary N) is 4. The van der Waals surface area contributed by atoms with E-state index in [2.05, 4.69) is 27.0 Å². The zero-order valence-electron chi connectivity index (χ0n) is 18.9. The Balaban J connectivity index is 1.46. The molecule has 2 unspecified atom stereocenters. The molecular formula is C24H28ClN5O4. The Morgan fingerprint density at radius 3 is 2.74 bits per heavy atom. The minimum absolute atomic E-state index is 0.0866. The second-order valence-electron chi connectivity index (χ2n) is 8.98. The van der Waals surface area contributed by atoms with Gasteiger partial charge in [0.15, 0.2) is 0 Å². The maximum Gasteiger partial charge on any atom is 0.268 e. The molecular weight excluding hydrogens is 458 g/mol. The van der Waals surface area contributed by atoms with Crippen LogP contribution in [-0.2, 0) is 9.59 Å². The van der Waals surface area contributed by atoms with Crippen LogP contribution in [0.4, 0.5) is 0 Å². The molecule has 1 saturated heterocycles. The largest absolute Gasteiger partial charge is 0.496 e. The number of carbonyl (C=O) groups is 3. The zero-order valence-corrected chi connectivity index (χ0v) is 19.7. The highest BCUT2D eigenvalue weighted by atomic mass is 35.5. The van der Waals surface area contributed by atoms with Crippen molar-refractivity contribution in [3.8, 4) is 11.8 Å². The standard InChI is InChI=1S/C24H28ClN5O4/c1-34-20-7-6-17(25)21-16(20)11-19(29-21)24(33)30-18(9-13-4-5-13)23(32)28-15(12-26)10-14-3-2-8-27-22(14)31/h6-7,11,13-15,18,29H,2-5,8-10H2,1H3,(H,27,31)(H,28,32)(H,30,33)/t14?,15-,18?/m0/s1. The van der Waals surface area contributed by atoms with Crippen molar-refractivity contribution < 1.29 is 19.1 Å². The van der Waals surface area contributed by atoms with E-state index in [9.17, 15) is 19.6 Å². The summed E-state index contributed by atoms with van der Waals surface area (Å²) in [5.41, 5.74) is 0.829. The number of carbonyl (C=O) groups excluding carboxylic acids is 3. The van der Waals surface area contributed by atoms with Gasteiger partial charge in [0.05, 0.1) is 23.7 Å². The molecule has 3 amide bonds. The van der Waals surface area contributed by atoms with Gasteiger partial charge in [0, 0.05) is 17.8 Å².